The Hall–Kier alpha value is -4.01. The van der Waals surface area contributed by atoms with Crippen LogP contribution in [-0.4, -0.2) is 33.1 Å². The van der Waals surface area contributed by atoms with Gasteiger partial charge in [0.15, 0.2) is 0 Å². The molecule has 1 atom stereocenters. The van der Waals surface area contributed by atoms with Gasteiger partial charge in [-0.05, 0) is 42.3 Å². The van der Waals surface area contributed by atoms with Crippen molar-refractivity contribution >= 4 is 50.7 Å². The normalized spacial score (nSPS) is 11.9. The summed E-state index contributed by atoms with van der Waals surface area (Å²) in [6, 6.07) is 19.8. The molecule has 0 saturated carbocycles. The third-order valence-corrected chi connectivity index (χ3v) is 5.31. The van der Waals surface area contributed by atoms with E-state index in [4.69, 9.17) is 15.8 Å². The highest BCUT2D eigenvalue weighted by atomic mass is 16.4. The van der Waals surface area contributed by atoms with Gasteiger partial charge in [0.25, 0.3) is 0 Å². The zero-order chi connectivity index (χ0) is 23.4. The summed E-state index contributed by atoms with van der Waals surface area (Å²) in [5.74, 6) is -1.50. The van der Waals surface area contributed by atoms with Crippen LogP contribution in [-0.2, 0) is 16.2 Å². The number of nitrogens with zero attached hydrogens (tertiary/aromatic N) is 1. The molecule has 4 aromatic rings. The maximum Gasteiger partial charge on any atom is 0.303 e. The quantitative estimate of drug-likeness (QED) is 0.261. The van der Waals surface area contributed by atoms with Crippen molar-refractivity contribution in [1.29, 1.82) is 0 Å². The number of hydrogen-bond donors (Lipinski definition) is 5. The van der Waals surface area contributed by atoms with Crippen LogP contribution in [0.1, 0.15) is 18.4 Å². The van der Waals surface area contributed by atoms with Crippen molar-refractivity contribution in [2.45, 2.75) is 25.5 Å². The molecule has 33 heavy (non-hydrogen) atoms. The summed E-state index contributed by atoms with van der Waals surface area (Å²) < 4.78 is 0. The smallest absolute Gasteiger partial charge is 0.303 e. The number of aliphatic carboxylic acids is 1. The lowest BCUT2D eigenvalue weighted by Gasteiger charge is -2.16. The molecule has 0 saturated heterocycles. The van der Waals surface area contributed by atoms with E-state index in [1.165, 1.54) is 0 Å². The van der Waals surface area contributed by atoms with Crippen LogP contribution in [0.2, 0.25) is 0 Å². The number of pyridine rings is 1. The Labute approximate surface area is 190 Å². The highest BCUT2D eigenvalue weighted by molar-refractivity contribution is 6.08. The lowest BCUT2D eigenvalue weighted by atomic mass is 10.1. The number of benzene rings is 3. The molecule has 0 aliphatic rings. The summed E-state index contributed by atoms with van der Waals surface area (Å²) in [6.07, 6.45) is -0.165. The number of nitrogens with one attached hydrogen (secondary N) is 2. The van der Waals surface area contributed by atoms with E-state index >= 15 is 0 Å². The number of hydrogen-bond acceptors (Lipinski definition) is 6. The van der Waals surface area contributed by atoms with Crippen LogP contribution in [0.15, 0.2) is 66.7 Å². The van der Waals surface area contributed by atoms with Crippen LogP contribution in [0.4, 0.5) is 17.1 Å². The molecule has 0 fully saturated rings. The Bertz CT molecular complexity index is 1280. The average molecular weight is 444 g/mol. The highest BCUT2D eigenvalue weighted by Crippen LogP contribution is 2.34. The Kier molecular flexibility index (Phi) is 6.48. The number of para-hydroxylation sites is 2. The first-order valence-corrected chi connectivity index (χ1v) is 10.5. The average Bonchev–Trinajstić information content (AvgIpc) is 2.82. The minimum atomic E-state index is -1.01. The molecule has 1 aromatic heterocycles. The van der Waals surface area contributed by atoms with Gasteiger partial charge in [-0.3, -0.25) is 9.59 Å². The molecule has 8 heteroatoms. The molecule has 0 spiro atoms. The summed E-state index contributed by atoms with van der Waals surface area (Å²) in [7, 11) is 0. The van der Waals surface area contributed by atoms with Crippen molar-refractivity contribution in [3.8, 4) is 0 Å². The second-order valence-corrected chi connectivity index (χ2v) is 7.75. The topological polar surface area (TPSA) is 138 Å². The van der Waals surface area contributed by atoms with Gasteiger partial charge in [-0.2, -0.15) is 0 Å². The van der Waals surface area contributed by atoms with Crippen LogP contribution in [0.5, 0.6) is 0 Å². The number of rotatable bonds is 8. The van der Waals surface area contributed by atoms with E-state index in [0.717, 1.165) is 27.5 Å². The second-order valence-electron chi connectivity index (χ2n) is 7.75. The minimum absolute atomic E-state index is 0.0287. The van der Waals surface area contributed by atoms with E-state index in [1.54, 1.807) is 18.2 Å². The number of carbonyl (C=O) groups excluding carboxylic acids is 1. The van der Waals surface area contributed by atoms with E-state index < -0.39 is 17.9 Å². The zero-order valence-electron chi connectivity index (χ0n) is 17.8. The van der Waals surface area contributed by atoms with Crippen LogP contribution < -0.4 is 16.4 Å². The molecule has 8 nitrogen and oxygen atoms in total. The number of carboxylic acids is 1. The standard InChI is InChI=1S/C25H24N4O4/c26-20(9-10-23(31)32)25(33)28-17-12-15(14-30)11-16(13-17)27-24-18-5-1-3-7-21(18)29-22-8-4-2-6-19(22)24/h1-8,11-13,20,30H,9-10,14,26H2,(H,27,29)(H,28,33)(H,31,32). The molecule has 0 aliphatic heterocycles. The van der Waals surface area contributed by atoms with Gasteiger partial charge in [-0.1, -0.05) is 36.4 Å². The van der Waals surface area contributed by atoms with Gasteiger partial charge in [0.2, 0.25) is 5.91 Å². The number of aliphatic hydroxyl groups excluding tert-OH is 1. The minimum Gasteiger partial charge on any atom is -0.481 e. The van der Waals surface area contributed by atoms with Gasteiger partial charge in [0.05, 0.1) is 29.4 Å². The van der Waals surface area contributed by atoms with E-state index in [1.807, 2.05) is 48.5 Å². The number of aromatic nitrogens is 1. The molecule has 1 heterocycles. The second kappa shape index (κ2) is 9.64. The Morgan fingerprint density at radius 3 is 2.15 bits per heavy atom. The Balaban J connectivity index is 1.68. The van der Waals surface area contributed by atoms with Gasteiger partial charge >= 0.3 is 5.97 Å². The molecule has 1 unspecified atom stereocenters. The molecule has 168 valence electrons. The third-order valence-electron chi connectivity index (χ3n) is 5.31. The lowest BCUT2D eigenvalue weighted by Crippen LogP contribution is -2.36. The number of nitrogens with two attached hydrogens (primary N) is 1. The maximum atomic E-state index is 12.4. The summed E-state index contributed by atoms with van der Waals surface area (Å²) in [4.78, 5) is 27.9. The maximum absolute atomic E-state index is 12.4. The fourth-order valence-electron chi connectivity index (χ4n) is 3.69. The van der Waals surface area contributed by atoms with E-state index in [-0.39, 0.29) is 19.4 Å². The summed E-state index contributed by atoms with van der Waals surface area (Å²) in [6.45, 7) is -0.221. The van der Waals surface area contributed by atoms with Gasteiger partial charge in [-0.15, -0.1) is 0 Å². The number of aliphatic hydroxyl groups is 1. The summed E-state index contributed by atoms with van der Waals surface area (Å²) in [5.41, 5.74) is 10.1. The molecule has 1 amide bonds. The van der Waals surface area contributed by atoms with Crippen LogP contribution in [0.25, 0.3) is 21.8 Å². The zero-order valence-corrected chi connectivity index (χ0v) is 17.8. The number of carboxylic acid groups (broad SMARTS) is 1. The summed E-state index contributed by atoms with van der Waals surface area (Å²) >= 11 is 0. The Morgan fingerprint density at radius 2 is 1.55 bits per heavy atom. The SMILES string of the molecule is NC(CCC(=O)O)C(=O)Nc1cc(CO)cc(Nc2c3ccccc3nc3ccccc23)c1. The van der Waals surface area contributed by atoms with E-state index in [2.05, 4.69) is 10.6 Å². The molecule has 6 N–H and O–H groups in total. The van der Waals surface area contributed by atoms with Crippen molar-refractivity contribution in [3.63, 3.8) is 0 Å². The van der Waals surface area contributed by atoms with Gasteiger partial charge < -0.3 is 26.6 Å². The van der Waals surface area contributed by atoms with Crippen molar-refractivity contribution in [2.75, 3.05) is 10.6 Å². The molecular weight excluding hydrogens is 420 g/mol. The van der Waals surface area contributed by atoms with Crippen molar-refractivity contribution in [3.05, 3.63) is 72.3 Å². The predicted octanol–water partition coefficient (Wildman–Crippen LogP) is 3.75. The van der Waals surface area contributed by atoms with E-state index in [9.17, 15) is 14.7 Å². The molecule has 0 bridgehead atoms. The predicted molar refractivity (Wildman–Crippen MR) is 128 cm³/mol. The lowest BCUT2D eigenvalue weighted by molar-refractivity contribution is -0.137. The molecule has 0 aliphatic carbocycles. The largest absolute Gasteiger partial charge is 0.481 e. The van der Waals surface area contributed by atoms with E-state index in [0.29, 0.717) is 16.9 Å². The molecule has 4 rings (SSSR count). The monoisotopic (exact) mass is 444 g/mol. The number of carbonyl (C=O) groups is 2. The highest BCUT2D eigenvalue weighted by Gasteiger charge is 2.16. The van der Waals surface area contributed by atoms with Gasteiger partial charge in [0, 0.05) is 28.6 Å². The van der Waals surface area contributed by atoms with Crippen molar-refractivity contribution < 1.29 is 19.8 Å². The third kappa shape index (κ3) is 5.08. The number of amides is 1. The first-order chi connectivity index (χ1) is 15.9. The van der Waals surface area contributed by atoms with Gasteiger partial charge in [0.1, 0.15) is 0 Å². The fourth-order valence-corrected chi connectivity index (χ4v) is 3.69. The summed E-state index contributed by atoms with van der Waals surface area (Å²) in [5, 5.41) is 26.6. The van der Waals surface area contributed by atoms with Crippen LogP contribution in [0.3, 0.4) is 0 Å². The van der Waals surface area contributed by atoms with Crippen molar-refractivity contribution in [2.24, 2.45) is 5.73 Å². The fraction of sp³-hybridized carbons (Fsp3) is 0.160. The van der Waals surface area contributed by atoms with Crippen molar-refractivity contribution in [1.82, 2.24) is 4.98 Å². The molecule has 0 radical (unpaired) electrons. The van der Waals surface area contributed by atoms with Crippen LogP contribution >= 0.6 is 0 Å². The van der Waals surface area contributed by atoms with Crippen LogP contribution in [0, 0.1) is 0 Å². The first-order valence-electron chi connectivity index (χ1n) is 10.5. The Morgan fingerprint density at radius 1 is 0.939 bits per heavy atom. The first kappa shape index (κ1) is 22.2. The molecular formula is C25H24N4O4. The van der Waals surface area contributed by atoms with Gasteiger partial charge in [-0.25, -0.2) is 4.98 Å². The molecule has 3 aromatic carbocycles. The number of anilines is 3. The number of fused-ring (bicyclic) bond motifs is 2.